The van der Waals surface area contributed by atoms with Crippen LogP contribution in [-0.4, -0.2) is 62.4 Å². The predicted octanol–water partition coefficient (Wildman–Crippen LogP) is 3.86. The highest BCUT2D eigenvalue weighted by molar-refractivity contribution is 6.31. The molecule has 14 heteroatoms. The van der Waals surface area contributed by atoms with Crippen LogP contribution in [0.5, 0.6) is 5.75 Å². The molecule has 36 heavy (non-hydrogen) atoms. The van der Waals surface area contributed by atoms with Crippen LogP contribution < -0.4 is 9.64 Å². The van der Waals surface area contributed by atoms with Gasteiger partial charge in [0, 0.05) is 22.7 Å². The van der Waals surface area contributed by atoms with Gasteiger partial charge in [-0.3, -0.25) is 4.90 Å². The first-order chi connectivity index (χ1) is 17.1. The SMILES string of the molecule is COOCN(C(=O)N1COC2(C(=O)OC)Cc3cc(Cl)ccc3C2=N1)c1ccc(OC(F)(F)F)cc1. The highest BCUT2D eigenvalue weighted by Crippen LogP contribution is 2.39. The summed E-state index contributed by atoms with van der Waals surface area (Å²) in [5, 5.41) is 5.79. The van der Waals surface area contributed by atoms with Crippen molar-refractivity contribution in [1.29, 1.82) is 0 Å². The van der Waals surface area contributed by atoms with Crippen LogP contribution in [0.2, 0.25) is 5.02 Å². The second kappa shape index (κ2) is 9.93. The first-order valence-electron chi connectivity index (χ1n) is 10.3. The number of fused-ring (bicyclic) bond motifs is 3. The Morgan fingerprint density at radius 2 is 1.92 bits per heavy atom. The molecular formula is C22H19ClF3N3O7. The van der Waals surface area contributed by atoms with Crippen molar-refractivity contribution in [3.8, 4) is 5.75 Å². The van der Waals surface area contributed by atoms with Gasteiger partial charge in [-0.25, -0.2) is 19.4 Å². The average Bonchev–Trinajstić information content (AvgIpc) is 3.17. The second-order valence-corrected chi connectivity index (χ2v) is 8.02. The van der Waals surface area contributed by atoms with E-state index in [1.165, 1.54) is 26.4 Å². The van der Waals surface area contributed by atoms with Crippen LogP contribution in [0.15, 0.2) is 47.6 Å². The van der Waals surface area contributed by atoms with E-state index in [2.05, 4.69) is 14.7 Å². The molecule has 1 atom stereocenters. The lowest BCUT2D eigenvalue weighted by atomic mass is 9.97. The van der Waals surface area contributed by atoms with Crippen LogP contribution in [0, 0.1) is 0 Å². The number of methoxy groups -OCH3 is 1. The zero-order chi connectivity index (χ0) is 26.1. The summed E-state index contributed by atoms with van der Waals surface area (Å²) in [5.74, 6) is -1.17. The van der Waals surface area contributed by atoms with E-state index in [1.807, 2.05) is 0 Å². The number of ether oxygens (including phenoxy) is 3. The number of urea groups is 1. The molecule has 1 unspecified atom stereocenters. The molecule has 192 valence electrons. The summed E-state index contributed by atoms with van der Waals surface area (Å²) >= 11 is 6.10. The summed E-state index contributed by atoms with van der Waals surface area (Å²) in [6.07, 6.45) is -4.76. The lowest BCUT2D eigenvalue weighted by Crippen LogP contribution is -2.56. The Kier molecular flexibility index (Phi) is 7.09. The molecule has 1 heterocycles. The van der Waals surface area contributed by atoms with Crippen LogP contribution in [0.3, 0.4) is 0 Å². The third kappa shape index (κ3) is 4.95. The van der Waals surface area contributed by atoms with Gasteiger partial charge in [-0.05, 0) is 42.0 Å². The van der Waals surface area contributed by atoms with Gasteiger partial charge in [0.05, 0.1) is 14.2 Å². The summed E-state index contributed by atoms with van der Waals surface area (Å²) in [5.41, 5.74) is -0.0306. The smallest absolute Gasteiger partial charge is 0.467 e. The molecule has 0 aromatic heterocycles. The molecule has 2 aromatic carbocycles. The van der Waals surface area contributed by atoms with Crippen LogP contribution in [0.4, 0.5) is 23.7 Å². The van der Waals surface area contributed by atoms with Crippen molar-refractivity contribution in [3.05, 3.63) is 58.6 Å². The number of benzene rings is 2. The van der Waals surface area contributed by atoms with E-state index in [9.17, 15) is 22.8 Å². The molecule has 0 fully saturated rings. The minimum atomic E-state index is -4.87. The van der Waals surface area contributed by atoms with Crippen molar-refractivity contribution in [2.75, 3.05) is 32.6 Å². The standard InChI is InChI=1S/C22H19ClF3N3O7/c1-32-19(30)21-10-13-9-14(23)3-8-17(13)18(21)27-29(12-34-21)20(31)28(11-35-33-2)15-4-6-16(7-5-15)36-22(24,25)26/h3-9H,10-12H2,1-2H3. The summed E-state index contributed by atoms with van der Waals surface area (Å²) in [6.45, 7) is -0.873. The Morgan fingerprint density at radius 3 is 2.56 bits per heavy atom. The maximum Gasteiger partial charge on any atom is 0.573 e. The number of hydrogen-bond acceptors (Lipinski definition) is 8. The highest BCUT2D eigenvalue weighted by atomic mass is 35.5. The van der Waals surface area contributed by atoms with Crippen LogP contribution in [0.25, 0.3) is 0 Å². The van der Waals surface area contributed by atoms with E-state index in [0.717, 1.165) is 22.0 Å². The molecule has 2 amide bonds. The molecule has 0 bridgehead atoms. The number of carbonyl (C=O) groups excluding carboxylic acids is 2. The first kappa shape index (κ1) is 25.7. The number of carbonyl (C=O) groups is 2. The van der Waals surface area contributed by atoms with Crippen LogP contribution in [0.1, 0.15) is 11.1 Å². The van der Waals surface area contributed by atoms with Crippen molar-refractivity contribution in [3.63, 3.8) is 0 Å². The second-order valence-electron chi connectivity index (χ2n) is 7.58. The van der Waals surface area contributed by atoms with E-state index >= 15 is 0 Å². The van der Waals surface area contributed by atoms with Gasteiger partial charge in [-0.1, -0.05) is 17.7 Å². The predicted molar refractivity (Wildman–Crippen MR) is 118 cm³/mol. The third-order valence-corrected chi connectivity index (χ3v) is 5.68. The fourth-order valence-corrected chi connectivity index (χ4v) is 4.08. The minimum absolute atomic E-state index is 0.105. The van der Waals surface area contributed by atoms with E-state index in [1.54, 1.807) is 18.2 Å². The lowest BCUT2D eigenvalue weighted by molar-refractivity contribution is -0.274. The third-order valence-electron chi connectivity index (χ3n) is 5.45. The number of esters is 1. The van der Waals surface area contributed by atoms with Crippen LogP contribution >= 0.6 is 11.6 Å². The number of hydrogen-bond donors (Lipinski definition) is 0. The number of rotatable bonds is 6. The van der Waals surface area contributed by atoms with Gasteiger partial charge >= 0.3 is 18.4 Å². The zero-order valence-electron chi connectivity index (χ0n) is 18.9. The molecule has 1 aliphatic heterocycles. The number of nitrogens with zero attached hydrogens (tertiary/aromatic N) is 3. The molecule has 10 nitrogen and oxygen atoms in total. The number of amides is 2. The number of hydrazone groups is 1. The van der Waals surface area contributed by atoms with Crippen molar-refractivity contribution in [2.45, 2.75) is 18.4 Å². The Morgan fingerprint density at radius 1 is 1.19 bits per heavy atom. The Labute approximate surface area is 207 Å². The lowest BCUT2D eigenvalue weighted by Gasteiger charge is -2.36. The van der Waals surface area contributed by atoms with Crippen molar-refractivity contribution in [2.24, 2.45) is 5.10 Å². The van der Waals surface area contributed by atoms with Crippen LogP contribution in [-0.2, 0) is 30.5 Å². The summed E-state index contributed by atoms with van der Waals surface area (Å²) < 4.78 is 52.1. The number of anilines is 1. The van der Waals surface area contributed by atoms with E-state index in [0.29, 0.717) is 16.1 Å². The average molecular weight is 530 g/mol. The number of alkyl halides is 3. The molecule has 1 aliphatic carbocycles. The Bertz CT molecular complexity index is 1190. The fourth-order valence-electron chi connectivity index (χ4n) is 3.89. The minimum Gasteiger partial charge on any atom is -0.467 e. The largest absolute Gasteiger partial charge is 0.573 e. The molecule has 0 saturated heterocycles. The molecule has 0 N–H and O–H groups in total. The van der Waals surface area contributed by atoms with Gasteiger partial charge in [-0.15, -0.1) is 13.2 Å². The maximum atomic E-state index is 13.4. The molecule has 2 aliphatic rings. The number of halogens is 4. The van der Waals surface area contributed by atoms with Gasteiger partial charge in [0.1, 0.15) is 18.2 Å². The molecule has 4 rings (SSSR count). The molecule has 0 radical (unpaired) electrons. The highest BCUT2D eigenvalue weighted by Gasteiger charge is 2.55. The summed E-state index contributed by atoms with van der Waals surface area (Å²) in [7, 11) is 2.43. The van der Waals surface area contributed by atoms with Gasteiger partial charge in [0.25, 0.3) is 0 Å². The van der Waals surface area contributed by atoms with Gasteiger partial charge in [-0.2, -0.15) is 10.1 Å². The fraction of sp³-hybridized carbons (Fsp3) is 0.318. The molecular weight excluding hydrogens is 511 g/mol. The van der Waals surface area contributed by atoms with E-state index in [4.69, 9.17) is 26.0 Å². The van der Waals surface area contributed by atoms with Crippen molar-refractivity contribution >= 4 is 35.0 Å². The quantitative estimate of drug-likeness (QED) is 0.242. The van der Waals surface area contributed by atoms with E-state index < -0.39 is 43.2 Å². The van der Waals surface area contributed by atoms with Gasteiger partial charge in [0.2, 0.25) is 5.60 Å². The molecule has 2 aromatic rings. The van der Waals surface area contributed by atoms with E-state index in [-0.39, 0.29) is 17.8 Å². The van der Waals surface area contributed by atoms with Crippen molar-refractivity contribution < 1.29 is 46.7 Å². The zero-order valence-corrected chi connectivity index (χ0v) is 19.6. The Balaban J connectivity index is 1.67. The topological polar surface area (TPSA) is 99.1 Å². The van der Waals surface area contributed by atoms with Gasteiger partial charge < -0.3 is 14.2 Å². The molecule has 0 spiro atoms. The Hall–Kier alpha value is -3.39. The summed E-state index contributed by atoms with van der Waals surface area (Å²) in [6, 6.07) is 8.68. The monoisotopic (exact) mass is 529 g/mol. The molecule has 0 saturated carbocycles. The first-order valence-corrected chi connectivity index (χ1v) is 10.7. The normalized spacial score (nSPS) is 18.7. The maximum absolute atomic E-state index is 13.4. The summed E-state index contributed by atoms with van der Waals surface area (Å²) in [4.78, 5) is 36.6. The van der Waals surface area contributed by atoms with Crippen molar-refractivity contribution in [1.82, 2.24) is 5.01 Å². The van der Waals surface area contributed by atoms with Gasteiger partial charge in [0.15, 0.2) is 6.73 Å².